The van der Waals surface area contributed by atoms with Gasteiger partial charge in [-0.2, -0.15) is 10.2 Å². The first-order valence-corrected chi connectivity index (χ1v) is 36.0. The molecule has 22 nitrogen and oxygen atoms in total. The van der Waals surface area contributed by atoms with Crippen molar-refractivity contribution in [3.05, 3.63) is 240 Å². The quantitative estimate of drug-likeness (QED) is 0.00996. The number of carbonyl (C=O) groups is 6. The fourth-order valence-electron chi connectivity index (χ4n) is 8.87. The Labute approximate surface area is 772 Å². The van der Waals surface area contributed by atoms with Crippen LogP contribution in [0.15, 0.2) is 157 Å². The minimum Gasteiger partial charge on any atom is -0.476 e. The van der Waals surface area contributed by atoms with Crippen LogP contribution >= 0.6 is 116 Å². The molecule has 2 aromatic heterocycles. The van der Waals surface area contributed by atoms with Crippen molar-refractivity contribution in [1.29, 1.82) is 0 Å². The van der Waals surface area contributed by atoms with Gasteiger partial charge in [0.05, 0.1) is 66.8 Å². The number of hydrazine groups is 3. The number of amides is 1. The minimum absolute atomic E-state index is 0.0361. The number of nitrogen functional groups attached to an aromatic ring is 1. The molecule has 13 rings (SSSR count). The van der Waals surface area contributed by atoms with E-state index in [9.17, 15) is 38.8 Å². The number of hydrogen-bond donors (Lipinski definition) is 6. The van der Waals surface area contributed by atoms with Gasteiger partial charge in [0.2, 0.25) is 0 Å². The monoisotopic (exact) mass is 1790 g/mol. The summed E-state index contributed by atoms with van der Waals surface area (Å²) in [6.45, 7) is -18.8. The molecule has 4 aliphatic heterocycles. The average molecular weight is 1800 g/mol. The van der Waals surface area contributed by atoms with Crippen LogP contribution in [0.2, 0.25) is 51.6 Å². The van der Waals surface area contributed by atoms with Crippen LogP contribution in [-0.4, -0.2) is 133 Å². The van der Waals surface area contributed by atoms with Gasteiger partial charge in [0.25, 0.3) is 11.7 Å². The van der Waals surface area contributed by atoms with E-state index in [4.69, 9.17) is 184 Å². The number of carbonyl (C=O) groups excluding carboxylic acids is 5. The third kappa shape index (κ3) is 30.7. The van der Waals surface area contributed by atoms with Crippen molar-refractivity contribution in [2.45, 2.75) is 118 Å². The fraction of sp³-hybridized carbons (Fsp3) is 0.341. The SMILES string of the molecule is CCC(=O)c1ccc(Cl)cc1.CCOC(=O)C(=O)C(C)C(=O)c1ccc(Cl)cc1.Cc1c(C(=O)O)nn(-c2ccc(Cl)cc2Cl)c1-c1ccc(Cl)cc1.NNc1ccc(Cl)cc1Cl.[2H]C1([2H])N(N)C([2H])([2H])C([2H])([2H])C([2H])([2H])C1([2H])[2H].[2H]C1([2H])N(N=O)C([2H])([2H])C([2H])([2H])C([2H])([2H])C1([2H])[2H].[2H]C1([2H])N(NC(=O)c2nn(-c3ccc(Cl)cc3Cl)c(-c3ccc(Cl)cc3)c2C)C([2H])([2H])C([2H])([2H])C([2H])([2H])C1([2H])[2H].[2H]N1C([2H])([2H])C([2H])([2H])C([2H])([2H])C([2H])([2H])C1([2H])[2H]. The van der Waals surface area contributed by atoms with E-state index >= 15 is 0 Å². The van der Waals surface area contributed by atoms with Gasteiger partial charge in [-0.1, -0.05) is 166 Å². The number of benzene rings is 7. The van der Waals surface area contributed by atoms with Gasteiger partial charge < -0.3 is 20.6 Å². The number of carboxylic acids is 1. The second-order valence-electron chi connectivity index (χ2n) is 21.8. The highest BCUT2D eigenvalue weighted by atomic mass is 35.5. The van der Waals surface area contributed by atoms with Crippen molar-refractivity contribution in [2.24, 2.45) is 22.9 Å². The second-order valence-corrected chi connectivity index (χ2v) is 26.0. The first-order chi connectivity index (χ1) is 70.0. The number of esters is 1. The van der Waals surface area contributed by atoms with Gasteiger partial charge in [-0.3, -0.25) is 41.3 Å². The molecule has 4 fully saturated rings. The van der Waals surface area contributed by atoms with Crippen LogP contribution in [0, 0.1) is 24.7 Å². The van der Waals surface area contributed by atoms with Gasteiger partial charge in [-0.25, -0.2) is 29.0 Å². The normalized spacial score (nSPS) is 28.4. The number of rotatable bonds is 16. The number of ketones is 3. The Morgan fingerprint density at radius 2 is 0.939 bits per heavy atom. The maximum atomic E-state index is 13.5. The van der Waals surface area contributed by atoms with Crippen molar-refractivity contribution < 1.29 is 94.9 Å². The zero-order valence-corrected chi connectivity index (χ0v) is 67.2. The lowest BCUT2D eigenvalue weighted by atomic mass is 9.95. The number of nitroso groups, excluding NO2 is 1. The van der Waals surface area contributed by atoms with Gasteiger partial charge in [0.1, 0.15) is 1.41 Å². The smallest absolute Gasteiger partial charge is 0.375 e. The summed E-state index contributed by atoms with van der Waals surface area (Å²) in [6, 6.07) is 41.2. The van der Waals surface area contributed by atoms with E-state index in [1.165, 1.54) is 41.4 Å². The second kappa shape index (κ2) is 50.0. The van der Waals surface area contributed by atoms with Gasteiger partial charge in [0, 0.05) is 163 Å². The lowest BCUT2D eigenvalue weighted by Crippen LogP contribution is -2.45. The number of Topliss-reactive ketones (excluding diaryl/α,β-unsaturated/α-hetero) is 3. The maximum absolute atomic E-state index is 13.5. The highest BCUT2D eigenvalue weighted by molar-refractivity contribution is 6.40. The number of nitrogens with one attached hydrogen (secondary N) is 3. The lowest BCUT2D eigenvalue weighted by molar-refractivity contribution is -0.154. The summed E-state index contributed by atoms with van der Waals surface area (Å²) in [7, 11) is 0. The number of anilines is 1. The molecule has 114 heavy (non-hydrogen) atoms. The van der Waals surface area contributed by atoms with Crippen molar-refractivity contribution >= 4 is 157 Å². The zero-order chi connectivity index (χ0) is 120. The van der Waals surface area contributed by atoms with Crippen LogP contribution in [0.1, 0.15) is 211 Å². The van der Waals surface area contributed by atoms with Crippen LogP contribution in [0.3, 0.4) is 0 Å². The molecule has 6 heterocycles. The molecule has 0 saturated carbocycles. The third-order valence-electron chi connectivity index (χ3n) is 14.2. The van der Waals surface area contributed by atoms with E-state index in [1.807, 2.05) is 17.6 Å². The summed E-state index contributed by atoms with van der Waals surface area (Å²) in [5.41, 5.74) is 9.65. The lowest BCUT2D eigenvalue weighted by Gasteiger charge is -2.26. The number of ether oxygens (including phenoxy) is 1. The number of carboxylic acid groups (broad SMARTS) is 1. The molecule has 0 aliphatic carbocycles. The Morgan fingerprint density at radius 1 is 0.544 bits per heavy atom. The average Bonchev–Trinajstić information content (AvgIpc) is 1.29. The number of halogens is 10. The summed E-state index contributed by atoms with van der Waals surface area (Å²) in [6.07, 6.45) is -41.0. The Kier molecular flexibility index (Phi) is 22.3. The number of nitrogens with zero attached hydrogens (tertiary/aromatic N) is 8. The molecular formula is C82H93Cl10N13O9. The number of piperidine rings is 4. The van der Waals surface area contributed by atoms with Gasteiger partial charge in [-0.15, -0.1) is 4.91 Å². The van der Waals surface area contributed by atoms with Crippen LogP contribution in [0.5, 0.6) is 0 Å². The number of nitrogens with two attached hydrogens (primary N) is 2. The van der Waals surface area contributed by atoms with E-state index < -0.39 is 174 Å². The first kappa shape index (κ1) is 50.8. The number of hydrogen-bond acceptors (Lipinski definition) is 17. The van der Waals surface area contributed by atoms with Crippen LogP contribution in [0.25, 0.3) is 33.9 Å². The van der Waals surface area contributed by atoms with Crippen LogP contribution in [0.4, 0.5) is 5.69 Å². The van der Waals surface area contributed by atoms with Gasteiger partial charge >= 0.3 is 11.9 Å². The predicted octanol–water partition coefficient (Wildman–Crippen LogP) is 21.2. The topological polar surface area (TPSA) is 295 Å². The molecule has 7 aromatic carbocycles. The van der Waals surface area contributed by atoms with E-state index in [1.54, 1.807) is 147 Å². The minimum atomic E-state index is -3.63. The largest absolute Gasteiger partial charge is 0.476 e. The first-order valence-electron chi connectivity index (χ1n) is 52.6. The van der Waals surface area contributed by atoms with E-state index in [2.05, 4.69) is 20.4 Å². The molecule has 4 aliphatic rings. The number of aromatic nitrogens is 4. The van der Waals surface area contributed by atoms with Gasteiger partial charge in [0.15, 0.2) is 23.0 Å². The summed E-state index contributed by atoms with van der Waals surface area (Å²) in [5, 5.41) is 23.2. The molecule has 1 atom stereocenters. The van der Waals surface area contributed by atoms with Crippen LogP contribution < -0.4 is 27.8 Å². The maximum Gasteiger partial charge on any atom is 0.375 e. The highest BCUT2D eigenvalue weighted by Gasteiger charge is 2.30. The molecule has 1 amide bonds. The predicted molar refractivity (Wildman–Crippen MR) is 462 cm³/mol. The number of aromatic carboxylic acids is 1. The summed E-state index contributed by atoms with van der Waals surface area (Å²) in [5.74, 6) is 4.77. The van der Waals surface area contributed by atoms with Crippen LogP contribution in [-0.2, 0) is 14.3 Å². The van der Waals surface area contributed by atoms with Crippen molar-refractivity contribution in [3.8, 4) is 33.9 Å². The summed E-state index contributed by atoms with van der Waals surface area (Å²) < 4.78 is 316. The van der Waals surface area contributed by atoms with Crippen molar-refractivity contribution in [1.82, 2.24) is 45.3 Å². The van der Waals surface area contributed by atoms with E-state index in [-0.39, 0.29) is 44.4 Å². The molecular weight excluding hydrogens is 1670 g/mol. The Bertz CT molecular complexity index is 6490. The zero-order valence-electron chi connectivity index (χ0n) is 101. The molecule has 32 heteroatoms. The molecule has 610 valence electrons. The molecule has 1 unspecified atom stereocenters. The highest BCUT2D eigenvalue weighted by Crippen LogP contribution is 2.36. The van der Waals surface area contributed by atoms with Gasteiger partial charge in [-0.05, 0) is 225 Å². The Morgan fingerprint density at radius 3 is 1.36 bits per heavy atom. The molecule has 0 radical (unpaired) electrons. The standard InChI is InChI=1S/C22H21Cl3N4O.C17H11Cl3N2O2.C13H13ClO4.C9H9ClO.C6H6Cl2N2.C5H10N2O.C5H12N2.C5H11N/c1-14-20(22(30)27-28-11-3-2-4-12-28)26-29(19-10-9-17(24)13-18(19)25)21(14)15-5-7-16(23)8-6-15;1-9-15(17(23)24)21-22(14-7-6-12(19)8-13(14)20)16(9)10-2-4-11(18)5-3-10;1-3-18-13(17)12(16)8(2)11(15)9-4-6-10(14)7-5-9;1-2-9(11)7-3-5-8(10)6-4-7;7-4-1-2-6(10-9)5(8)3-4;8-6-7-4-2-1-3-5-7;6-7-4-2-1-3-5-7;1-2-4-6-5-3-1/h5-10,13H,2-4,11-12H2,1H3,(H,27,30);2-8H,1H3,(H,23,24);4-8H,3H2,1-2H3;3-6H,2H2,1H3;1-3,10H,9H2;1-5H2;1-6H2;6H,1-5H2/i2D2,3D2,4D2,11D2,12D2;;;;;3*1D2,2D2,3D2,4D2,5D2/hD. The summed E-state index contributed by atoms with van der Waals surface area (Å²) >= 11 is 59.3. The molecule has 4 saturated heterocycles. The molecule has 0 spiro atoms. The third-order valence-corrected chi connectivity index (χ3v) is 16.8. The van der Waals surface area contributed by atoms with E-state index in [0.717, 1.165) is 11.1 Å². The molecule has 8 N–H and O–H groups in total. The Balaban J connectivity index is 0.000000280. The molecule has 9 aromatic rings. The molecule has 0 bridgehead atoms. The van der Waals surface area contributed by atoms with Crippen molar-refractivity contribution in [3.63, 3.8) is 0 Å². The van der Waals surface area contributed by atoms with Crippen molar-refractivity contribution in [2.75, 3.05) is 64.0 Å². The fourth-order valence-corrected chi connectivity index (χ4v) is 10.8. The summed E-state index contributed by atoms with van der Waals surface area (Å²) in [4.78, 5) is 81.4. The van der Waals surface area contributed by atoms with E-state index in [0.29, 0.717) is 96.8 Å². The Hall–Kier alpha value is -7.72.